The minimum Gasteiger partial charge on any atom is -0.310 e. The third-order valence-corrected chi connectivity index (χ3v) is 9.44. The third kappa shape index (κ3) is 5.04. The summed E-state index contributed by atoms with van der Waals surface area (Å²) in [5.41, 5.74) is -0.508. The van der Waals surface area contributed by atoms with Crippen LogP contribution in [0.5, 0.6) is 0 Å². The summed E-state index contributed by atoms with van der Waals surface area (Å²) in [5, 5.41) is 3.02. The Morgan fingerprint density at radius 2 is 1.04 bits per heavy atom. The highest BCUT2D eigenvalue weighted by atomic mass is 32.1. The number of anilines is 3. The average molecular weight is 642 g/mol. The molecule has 9 rings (SSSR count). The smallest absolute Gasteiger partial charge is 0.0651 e. The van der Waals surface area contributed by atoms with Crippen molar-refractivity contribution in [3.63, 3.8) is 0 Å². The summed E-state index contributed by atoms with van der Waals surface area (Å²) in [4.78, 5) is 0.903. The summed E-state index contributed by atoms with van der Waals surface area (Å²) >= 11 is 1.51. The van der Waals surface area contributed by atoms with Gasteiger partial charge in [0.25, 0.3) is 0 Å². The third-order valence-electron chi connectivity index (χ3n) is 8.30. The molecule has 1 aromatic heterocycles. The van der Waals surface area contributed by atoms with Crippen LogP contribution in [-0.2, 0) is 0 Å². The normalized spacial score (nSPS) is 14.8. The molecule has 8 aromatic carbocycles. The summed E-state index contributed by atoms with van der Waals surface area (Å²) in [5.74, 6) is 0. The molecular weight excluding hydrogens is 599 g/mol. The van der Waals surface area contributed by atoms with Crippen LogP contribution < -0.4 is 4.90 Å². The van der Waals surface area contributed by atoms with E-state index in [-0.39, 0.29) is 16.7 Å². The molecule has 226 valence electrons. The molecule has 0 aliphatic carbocycles. The predicted octanol–water partition coefficient (Wildman–Crippen LogP) is 13.7. The van der Waals surface area contributed by atoms with Crippen molar-refractivity contribution in [3.05, 3.63) is 188 Å². The Bertz CT molecular complexity index is 3190. The van der Waals surface area contributed by atoms with Gasteiger partial charge in [0.05, 0.1) is 16.4 Å². The van der Waals surface area contributed by atoms with E-state index < -0.39 is 89.6 Å². The van der Waals surface area contributed by atoms with Gasteiger partial charge in [-0.15, -0.1) is 11.3 Å². The van der Waals surface area contributed by atoms with Crippen molar-refractivity contribution >= 4 is 59.3 Å². The molecule has 0 aliphatic rings. The zero-order valence-corrected chi connectivity index (χ0v) is 26.1. The van der Waals surface area contributed by atoms with Crippen molar-refractivity contribution in [2.75, 3.05) is 4.90 Å². The Labute approximate surface area is 301 Å². The van der Waals surface area contributed by atoms with Gasteiger partial charge in [0.2, 0.25) is 0 Å². The molecule has 48 heavy (non-hydrogen) atoms. The van der Waals surface area contributed by atoms with Gasteiger partial charge < -0.3 is 4.90 Å². The first kappa shape index (κ1) is 18.4. The largest absolute Gasteiger partial charge is 0.310 e. The Hall–Kier alpha value is -5.96. The topological polar surface area (TPSA) is 3.24 Å². The summed E-state index contributed by atoms with van der Waals surface area (Å²) in [6.07, 6.45) is 0. The molecule has 1 heterocycles. The van der Waals surface area contributed by atoms with E-state index in [1.54, 1.807) is 60.7 Å². The summed E-state index contributed by atoms with van der Waals surface area (Å²) < 4.78 is 115. The molecule has 0 N–H and O–H groups in total. The molecule has 0 saturated heterocycles. The van der Waals surface area contributed by atoms with Crippen LogP contribution in [0, 0.1) is 0 Å². The van der Waals surface area contributed by atoms with E-state index in [1.807, 2.05) is 54.6 Å². The van der Waals surface area contributed by atoms with E-state index in [1.165, 1.54) is 11.3 Å². The number of benzene rings is 8. The molecule has 0 fully saturated rings. The number of fused-ring (bicyclic) bond motifs is 4. The van der Waals surface area contributed by atoms with Crippen molar-refractivity contribution in [1.29, 1.82) is 0 Å². The minimum atomic E-state index is -0.713. The minimum absolute atomic E-state index is 0.0268. The van der Waals surface area contributed by atoms with Crippen LogP contribution in [0.2, 0.25) is 0 Å². The second-order valence-electron chi connectivity index (χ2n) is 11.2. The highest BCUT2D eigenvalue weighted by Gasteiger charge is 2.16. The molecule has 9 aromatic rings. The summed E-state index contributed by atoms with van der Waals surface area (Å²) in [6, 6.07) is 27.3. The number of nitrogens with zero attached hydrogens (tertiary/aromatic N) is 1. The maximum absolute atomic E-state index is 9.87. The van der Waals surface area contributed by atoms with Gasteiger partial charge in [-0.3, -0.25) is 0 Å². The summed E-state index contributed by atoms with van der Waals surface area (Å²) in [7, 11) is 0. The van der Waals surface area contributed by atoms with Crippen LogP contribution in [0.4, 0.5) is 17.1 Å². The van der Waals surface area contributed by atoms with Crippen LogP contribution in [0.15, 0.2) is 188 Å². The maximum atomic E-state index is 9.87. The van der Waals surface area contributed by atoms with Gasteiger partial charge in [-0.05, 0) is 92.5 Å². The van der Waals surface area contributed by atoms with E-state index >= 15 is 0 Å². The molecule has 0 radical (unpaired) electrons. The highest BCUT2D eigenvalue weighted by Crippen LogP contribution is 2.43. The van der Waals surface area contributed by atoms with Crippen LogP contribution in [0.1, 0.15) is 16.4 Å². The van der Waals surface area contributed by atoms with Gasteiger partial charge in [-0.2, -0.15) is 0 Å². The van der Waals surface area contributed by atoms with Crippen LogP contribution in [0.25, 0.3) is 64.3 Å². The molecular formula is C46H31NS. The number of hydrogen-bond acceptors (Lipinski definition) is 2. The first-order chi connectivity index (χ1) is 28.8. The van der Waals surface area contributed by atoms with E-state index in [0.717, 1.165) is 25.1 Å². The van der Waals surface area contributed by atoms with E-state index in [9.17, 15) is 15.1 Å². The van der Waals surface area contributed by atoms with Crippen molar-refractivity contribution in [3.8, 4) is 33.4 Å². The fourth-order valence-electron chi connectivity index (χ4n) is 6.06. The lowest BCUT2D eigenvalue weighted by Crippen LogP contribution is -2.10. The fourth-order valence-corrected chi connectivity index (χ4v) is 7.19. The number of rotatable bonds is 6. The van der Waals surface area contributed by atoms with Crippen molar-refractivity contribution in [2.24, 2.45) is 0 Å². The average Bonchev–Trinajstić information content (AvgIpc) is 3.64. The Morgan fingerprint density at radius 1 is 0.417 bits per heavy atom. The zero-order chi connectivity index (χ0) is 42.3. The zero-order valence-electron chi connectivity index (χ0n) is 37.3. The molecule has 0 bridgehead atoms. The molecule has 0 atom stereocenters. The Morgan fingerprint density at radius 3 is 1.85 bits per heavy atom. The highest BCUT2D eigenvalue weighted by molar-refractivity contribution is 7.25. The number of hydrogen-bond donors (Lipinski definition) is 0. The standard InChI is InChI=1S/C46H31NS/c1-2-11-32(12-3-1)33-23-27-37(28-24-33)47(38-29-25-35(26-30-38)41-19-9-14-34-13-4-5-17-40(34)41)39-16-8-15-36(31-39)42-20-10-22-45-46(42)43-18-6-7-21-44(43)48-45/h1-31H/i8D,15D,16D,23D,24D,25D,26D,27D,28D,29D,30D,31D. The SMILES string of the molecule is [2H]c1c([2H])c(-c2cccc3sc4ccccc4c23)c([2H])c(N(c2c([2H])c([2H])c(-c3ccccc3)c([2H])c2[2H])c2c([2H])c([2H])c(-c3cccc4ccccc34)c([2H])c2[2H])c1[2H]. The molecule has 0 aliphatic heterocycles. The second kappa shape index (κ2) is 12.0. The molecule has 2 heteroatoms. The lowest BCUT2D eigenvalue weighted by atomic mass is 9.97. The van der Waals surface area contributed by atoms with Crippen LogP contribution in [-0.4, -0.2) is 0 Å². The van der Waals surface area contributed by atoms with Gasteiger partial charge in [-0.1, -0.05) is 139 Å². The molecule has 0 unspecified atom stereocenters. The monoisotopic (exact) mass is 641 g/mol. The quantitative estimate of drug-likeness (QED) is 0.175. The first-order valence-corrected chi connectivity index (χ1v) is 16.2. The van der Waals surface area contributed by atoms with Gasteiger partial charge >= 0.3 is 0 Å². The van der Waals surface area contributed by atoms with E-state index in [4.69, 9.17) is 1.37 Å². The van der Waals surface area contributed by atoms with Gasteiger partial charge in [0.1, 0.15) is 0 Å². The molecule has 1 nitrogen and oxygen atoms in total. The van der Waals surface area contributed by atoms with Crippen molar-refractivity contribution in [1.82, 2.24) is 0 Å². The lowest BCUT2D eigenvalue weighted by molar-refractivity contribution is 1.28. The van der Waals surface area contributed by atoms with Crippen LogP contribution >= 0.6 is 11.3 Å². The fraction of sp³-hybridized carbons (Fsp3) is 0. The summed E-state index contributed by atoms with van der Waals surface area (Å²) in [6.45, 7) is 0. The van der Waals surface area contributed by atoms with Gasteiger partial charge in [0, 0.05) is 37.2 Å². The lowest BCUT2D eigenvalue weighted by Gasteiger charge is -2.26. The van der Waals surface area contributed by atoms with Gasteiger partial charge in [0.15, 0.2) is 0 Å². The second-order valence-corrected chi connectivity index (χ2v) is 12.3. The first-order valence-electron chi connectivity index (χ1n) is 21.4. The van der Waals surface area contributed by atoms with E-state index in [0.29, 0.717) is 27.5 Å². The maximum Gasteiger partial charge on any atom is 0.0651 e. The molecule has 0 amide bonds. The number of thiophene rings is 1. The van der Waals surface area contributed by atoms with Crippen molar-refractivity contribution < 1.29 is 16.4 Å². The van der Waals surface area contributed by atoms with Gasteiger partial charge in [-0.25, -0.2) is 0 Å². The van der Waals surface area contributed by atoms with Crippen LogP contribution in [0.3, 0.4) is 0 Å². The van der Waals surface area contributed by atoms with E-state index in [2.05, 4.69) is 0 Å². The predicted molar refractivity (Wildman–Crippen MR) is 208 cm³/mol. The molecule has 0 spiro atoms. The molecule has 0 saturated carbocycles. The van der Waals surface area contributed by atoms with Crippen molar-refractivity contribution in [2.45, 2.75) is 0 Å². The Balaban J connectivity index is 1.42. The Kier molecular flexibility index (Phi) is 4.60.